The summed E-state index contributed by atoms with van der Waals surface area (Å²) in [5.74, 6) is 0. The normalized spacial score (nSPS) is 11.2. The highest BCUT2D eigenvalue weighted by molar-refractivity contribution is 7.90. The Morgan fingerprint density at radius 2 is 1.79 bits per heavy atom. The lowest BCUT2D eigenvalue weighted by atomic mass is 10.2. The Balaban J connectivity index is 2.57. The van der Waals surface area contributed by atoms with E-state index in [0.717, 1.165) is 11.1 Å². The highest BCUT2D eigenvalue weighted by atomic mass is 32.2. The van der Waals surface area contributed by atoms with Gasteiger partial charge < -0.3 is 0 Å². The van der Waals surface area contributed by atoms with Crippen LogP contribution in [0.4, 0.5) is 0 Å². The van der Waals surface area contributed by atoms with E-state index in [0.29, 0.717) is 5.69 Å². The maximum Gasteiger partial charge on any atom is 0.267 e. The van der Waals surface area contributed by atoms with Gasteiger partial charge in [0, 0.05) is 11.9 Å². The largest absolute Gasteiger partial charge is 0.267 e. The molecule has 5 heteroatoms. The molecule has 0 aliphatic heterocycles. The number of aryl methyl sites for hydroxylation is 2. The predicted octanol–water partition coefficient (Wildman–Crippen LogP) is 2.41. The van der Waals surface area contributed by atoms with Crippen molar-refractivity contribution in [1.29, 1.82) is 5.26 Å². The zero-order chi connectivity index (χ0) is 14.0. The number of hydrogen-bond donors (Lipinski definition) is 0. The van der Waals surface area contributed by atoms with E-state index in [-0.39, 0.29) is 11.3 Å². The second-order valence-corrected chi connectivity index (χ2v) is 6.27. The molecule has 19 heavy (non-hydrogen) atoms. The molecule has 0 N–H and O–H groups in total. The van der Waals surface area contributed by atoms with Crippen molar-refractivity contribution >= 4 is 10.0 Å². The third-order valence-corrected chi connectivity index (χ3v) is 4.56. The van der Waals surface area contributed by atoms with Crippen LogP contribution in [0.1, 0.15) is 16.8 Å². The van der Waals surface area contributed by atoms with E-state index in [1.165, 1.54) is 3.97 Å². The first-order valence-corrected chi connectivity index (χ1v) is 7.26. The lowest BCUT2D eigenvalue weighted by Crippen LogP contribution is -2.14. The first kappa shape index (κ1) is 13.4. The fourth-order valence-corrected chi connectivity index (χ4v) is 3.33. The van der Waals surface area contributed by atoms with Crippen LogP contribution < -0.4 is 0 Å². The Morgan fingerprint density at radius 1 is 1.16 bits per heavy atom. The van der Waals surface area contributed by atoms with Crippen LogP contribution in [0.15, 0.2) is 41.4 Å². The summed E-state index contributed by atoms with van der Waals surface area (Å²) >= 11 is 0. The molecule has 0 unspecified atom stereocenters. The van der Waals surface area contributed by atoms with Crippen molar-refractivity contribution in [3.8, 4) is 6.07 Å². The molecule has 98 valence electrons. The van der Waals surface area contributed by atoms with Crippen LogP contribution in [0.5, 0.6) is 0 Å². The van der Waals surface area contributed by atoms with Crippen molar-refractivity contribution in [2.45, 2.75) is 25.2 Å². The molecule has 0 fully saturated rings. The van der Waals surface area contributed by atoms with Crippen LogP contribution in [-0.4, -0.2) is 12.4 Å². The Kier molecular flexibility index (Phi) is 3.45. The number of benzene rings is 1. The van der Waals surface area contributed by atoms with E-state index in [9.17, 15) is 8.42 Å². The summed E-state index contributed by atoms with van der Waals surface area (Å²) in [5.41, 5.74) is 2.31. The molecule has 1 aromatic heterocycles. The predicted molar refractivity (Wildman–Crippen MR) is 72.2 cm³/mol. The van der Waals surface area contributed by atoms with Crippen LogP contribution in [0.3, 0.4) is 0 Å². The standard InChI is InChI=1S/C14H14N2O2S/c1-11-3-5-14(6-4-11)19(17,18)16-10-12(2)9-13(16)7-8-15/h3-6,9-10H,7H2,1-2H3. The minimum atomic E-state index is -3.62. The van der Waals surface area contributed by atoms with Gasteiger partial charge in [-0.1, -0.05) is 17.7 Å². The minimum Gasteiger partial charge on any atom is -0.245 e. The Hall–Kier alpha value is -2.06. The zero-order valence-electron chi connectivity index (χ0n) is 10.8. The summed E-state index contributed by atoms with van der Waals surface area (Å²) < 4.78 is 26.2. The van der Waals surface area contributed by atoms with E-state index >= 15 is 0 Å². The van der Waals surface area contributed by atoms with Gasteiger partial charge in [-0.15, -0.1) is 0 Å². The number of rotatable bonds is 3. The van der Waals surface area contributed by atoms with Crippen molar-refractivity contribution < 1.29 is 8.42 Å². The maximum atomic E-state index is 12.5. The highest BCUT2D eigenvalue weighted by Crippen LogP contribution is 2.19. The summed E-state index contributed by atoms with van der Waals surface area (Å²) in [4.78, 5) is 0.230. The molecule has 0 atom stereocenters. The van der Waals surface area contributed by atoms with Gasteiger partial charge in [0.2, 0.25) is 0 Å². The molecule has 0 aliphatic carbocycles. The molecule has 1 heterocycles. The molecule has 0 spiro atoms. The molecule has 2 aromatic rings. The zero-order valence-corrected chi connectivity index (χ0v) is 11.6. The van der Waals surface area contributed by atoms with Crippen molar-refractivity contribution in [2.75, 3.05) is 0 Å². The molecule has 0 saturated carbocycles. The summed E-state index contributed by atoms with van der Waals surface area (Å²) in [6.45, 7) is 3.71. The van der Waals surface area contributed by atoms with Crippen LogP contribution in [0.25, 0.3) is 0 Å². The maximum absolute atomic E-state index is 12.5. The van der Waals surface area contributed by atoms with Gasteiger partial charge in [0.25, 0.3) is 10.0 Å². The fraction of sp³-hybridized carbons (Fsp3) is 0.214. The van der Waals surface area contributed by atoms with Crippen molar-refractivity contribution in [2.24, 2.45) is 0 Å². The van der Waals surface area contributed by atoms with Crippen molar-refractivity contribution in [3.63, 3.8) is 0 Å². The SMILES string of the molecule is Cc1ccc(S(=O)(=O)n2cc(C)cc2CC#N)cc1. The second kappa shape index (κ2) is 4.90. The minimum absolute atomic E-state index is 0.0684. The van der Waals surface area contributed by atoms with E-state index in [1.807, 2.05) is 19.9 Å². The van der Waals surface area contributed by atoms with Gasteiger partial charge in [-0.2, -0.15) is 5.26 Å². The van der Waals surface area contributed by atoms with Gasteiger partial charge in [0.1, 0.15) is 0 Å². The molecule has 0 radical (unpaired) electrons. The van der Waals surface area contributed by atoms with Gasteiger partial charge in [-0.3, -0.25) is 0 Å². The molecular weight excluding hydrogens is 260 g/mol. The molecule has 0 bridgehead atoms. The van der Waals surface area contributed by atoms with Gasteiger partial charge >= 0.3 is 0 Å². The number of aromatic nitrogens is 1. The van der Waals surface area contributed by atoms with E-state index < -0.39 is 10.0 Å². The van der Waals surface area contributed by atoms with Crippen molar-refractivity contribution in [3.05, 3.63) is 53.3 Å². The lowest BCUT2D eigenvalue weighted by molar-refractivity contribution is 0.586. The van der Waals surface area contributed by atoms with Gasteiger partial charge in [-0.05, 0) is 37.6 Å². The van der Waals surface area contributed by atoms with Gasteiger partial charge in [-0.25, -0.2) is 12.4 Å². The second-order valence-electron chi connectivity index (χ2n) is 4.46. The number of hydrogen-bond acceptors (Lipinski definition) is 3. The van der Waals surface area contributed by atoms with Crippen molar-refractivity contribution in [1.82, 2.24) is 3.97 Å². The van der Waals surface area contributed by atoms with E-state index in [1.54, 1.807) is 36.5 Å². The molecule has 4 nitrogen and oxygen atoms in total. The summed E-state index contributed by atoms with van der Waals surface area (Å²) in [6, 6.07) is 10.4. The molecule has 2 rings (SSSR count). The first-order chi connectivity index (χ1) is 8.95. The van der Waals surface area contributed by atoms with Crippen LogP contribution >= 0.6 is 0 Å². The van der Waals surface area contributed by atoms with E-state index in [4.69, 9.17) is 5.26 Å². The average molecular weight is 274 g/mol. The van der Waals surface area contributed by atoms with Gasteiger partial charge in [0.05, 0.1) is 17.4 Å². The number of nitriles is 1. The molecule has 0 aliphatic rings. The Labute approximate surface area is 113 Å². The van der Waals surface area contributed by atoms with Crippen LogP contribution in [-0.2, 0) is 16.4 Å². The lowest BCUT2D eigenvalue weighted by Gasteiger charge is -2.09. The third-order valence-electron chi connectivity index (χ3n) is 2.84. The topological polar surface area (TPSA) is 62.9 Å². The monoisotopic (exact) mass is 274 g/mol. The van der Waals surface area contributed by atoms with Crippen LogP contribution in [0, 0.1) is 25.2 Å². The molecular formula is C14H14N2O2S. The Morgan fingerprint density at radius 3 is 2.37 bits per heavy atom. The Bertz CT molecular complexity index is 735. The molecule has 0 amide bonds. The molecule has 0 saturated heterocycles. The molecule has 1 aromatic carbocycles. The highest BCUT2D eigenvalue weighted by Gasteiger charge is 2.19. The smallest absolute Gasteiger partial charge is 0.245 e. The van der Waals surface area contributed by atoms with E-state index in [2.05, 4.69) is 0 Å². The summed E-state index contributed by atoms with van der Waals surface area (Å²) in [6.07, 6.45) is 1.61. The first-order valence-electron chi connectivity index (χ1n) is 5.82. The summed E-state index contributed by atoms with van der Waals surface area (Å²) in [7, 11) is -3.62. The van der Waals surface area contributed by atoms with Gasteiger partial charge in [0.15, 0.2) is 0 Å². The van der Waals surface area contributed by atoms with Crippen LogP contribution in [0.2, 0.25) is 0 Å². The number of nitrogens with zero attached hydrogens (tertiary/aromatic N) is 2. The fourth-order valence-electron chi connectivity index (χ4n) is 1.89. The summed E-state index contributed by atoms with van der Waals surface area (Å²) in [5, 5.41) is 8.77. The average Bonchev–Trinajstić information content (AvgIpc) is 2.72. The third kappa shape index (κ3) is 2.54. The quantitative estimate of drug-likeness (QED) is 0.863.